The number of ether oxygens (including phenoxy) is 1. The summed E-state index contributed by atoms with van der Waals surface area (Å²) in [6.07, 6.45) is 2.49. The fourth-order valence-corrected chi connectivity index (χ4v) is 3.14. The Bertz CT molecular complexity index is 657. The molecule has 24 heavy (non-hydrogen) atoms. The van der Waals surface area contributed by atoms with Gasteiger partial charge in [-0.15, -0.1) is 0 Å². The van der Waals surface area contributed by atoms with E-state index >= 15 is 0 Å². The predicted molar refractivity (Wildman–Crippen MR) is 88.2 cm³/mol. The second-order valence-corrected chi connectivity index (χ2v) is 6.24. The van der Waals surface area contributed by atoms with Crippen LogP contribution in [0.3, 0.4) is 0 Å². The Morgan fingerprint density at radius 1 is 1.38 bits per heavy atom. The second-order valence-electron chi connectivity index (χ2n) is 6.24. The molecule has 2 heterocycles. The van der Waals surface area contributed by atoms with Gasteiger partial charge in [0, 0.05) is 26.0 Å². The van der Waals surface area contributed by atoms with Crippen molar-refractivity contribution in [3.63, 3.8) is 0 Å². The molecule has 1 aromatic carbocycles. The van der Waals surface area contributed by atoms with Crippen LogP contribution < -0.4 is 0 Å². The highest BCUT2D eigenvalue weighted by molar-refractivity contribution is 5.83. The summed E-state index contributed by atoms with van der Waals surface area (Å²) in [6.45, 7) is 2.65. The largest absolute Gasteiger partial charge is 0.377 e. The van der Waals surface area contributed by atoms with E-state index in [-0.39, 0.29) is 5.92 Å². The van der Waals surface area contributed by atoms with Crippen molar-refractivity contribution in [2.45, 2.75) is 32.4 Å². The van der Waals surface area contributed by atoms with E-state index in [1.54, 1.807) is 7.11 Å². The Labute approximate surface area is 141 Å². The van der Waals surface area contributed by atoms with Gasteiger partial charge in [0.2, 0.25) is 5.89 Å². The number of hydrogen-bond donors (Lipinski definition) is 0. The van der Waals surface area contributed by atoms with Gasteiger partial charge in [-0.1, -0.05) is 35.5 Å². The first-order valence-corrected chi connectivity index (χ1v) is 8.34. The van der Waals surface area contributed by atoms with Gasteiger partial charge in [-0.05, 0) is 24.9 Å². The molecule has 1 aliphatic heterocycles. The minimum atomic E-state index is 0.0836. The van der Waals surface area contributed by atoms with Crippen LogP contribution in [-0.2, 0) is 29.1 Å². The number of Topliss-reactive ketones (excluding diaryl/α,β-unsaturated/α-hetero) is 1. The zero-order chi connectivity index (χ0) is 16.8. The Kier molecular flexibility index (Phi) is 5.72. The molecule has 6 nitrogen and oxygen atoms in total. The third-order valence-electron chi connectivity index (χ3n) is 4.32. The van der Waals surface area contributed by atoms with E-state index in [2.05, 4.69) is 15.0 Å². The molecule has 0 radical (unpaired) electrons. The van der Waals surface area contributed by atoms with Gasteiger partial charge in [0.1, 0.15) is 12.4 Å². The molecule has 0 spiro atoms. The SMILES string of the molecule is COCc1noc(CN2CCCC(C(=O)Cc3ccccc3)C2)n1. The van der Waals surface area contributed by atoms with Crippen LogP contribution in [0.15, 0.2) is 34.9 Å². The molecule has 0 bridgehead atoms. The standard InChI is InChI=1S/C18H23N3O3/c1-23-13-17-19-18(24-20-17)12-21-9-5-8-15(11-21)16(22)10-14-6-3-2-4-7-14/h2-4,6-7,15H,5,8-13H2,1H3. The zero-order valence-electron chi connectivity index (χ0n) is 14.0. The fourth-order valence-electron chi connectivity index (χ4n) is 3.14. The van der Waals surface area contributed by atoms with Crippen molar-refractivity contribution in [3.8, 4) is 0 Å². The molecule has 1 saturated heterocycles. The topological polar surface area (TPSA) is 68.5 Å². The van der Waals surface area contributed by atoms with Crippen molar-refractivity contribution in [2.75, 3.05) is 20.2 Å². The van der Waals surface area contributed by atoms with E-state index in [0.29, 0.717) is 37.1 Å². The molecule has 1 unspecified atom stereocenters. The number of hydrogen-bond acceptors (Lipinski definition) is 6. The predicted octanol–water partition coefficient (Wildman–Crippen LogP) is 2.24. The summed E-state index contributed by atoms with van der Waals surface area (Å²) in [5.74, 6) is 1.54. The van der Waals surface area contributed by atoms with Gasteiger partial charge in [-0.2, -0.15) is 4.98 Å². The molecular weight excluding hydrogens is 306 g/mol. The average molecular weight is 329 g/mol. The van der Waals surface area contributed by atoms with Crippen molar-refractivity contribution >= 4 is 5.78 Å². The number of nitrogens with zero attached hydrogens (tertiary/aromatic N) is 3. The van der Waals surface area contributed by atoms with Crippen molar-refractivity contribution in [2.24, 2.45) is 5.92 Å². The Hall–Kier alpha value is -2.05. The minimum absolute atomic E-state index is 0.0836. The van der Waals surface area contributed by atoms with E-state index in [9.17, 15) is 4.79 Å². The quantitative estimate of drug-likeness (QED) is 0.776. The first-order chi connectivity index (χ1) is 11.7. The Balaban J connectivity index is 1.54. The maximum absolute atomic E-state index is 12.6. The summed E-state index contributed by atoms with van der Waals surface area (Å²) in [7, 11) is 1.60. The molecular formula is C18H23N3O3. The number of carbonyl (C=O) groups excluding carboxylic acids is 1. The van der Waals surface area contributed by atoms with Gasteiger partial charge in [0.25, 0.3) is 0 Å². The summed E-state index contributed by atoms with van der Waals surface area (Å²) in [5.41, 5.74) is 1.08. The normalized spacial score (nSPS) is 18.6. The van der Waals surface area contributed by atoms with Gasteiger partial charge in [-0.3, -0.25) is 9.69 Å². The smallest absolute Gasteiger partial charge is 0.240 e. The van der Waals surface area contributed by atoms with Crippen LogP contribution >= 0.6 is 0 Å². The van der Waals surface area contributed by atoms with Crippen molar-refractivity contribution in [1.29, 1.82) is 0 Å². The summed E-state index contributed by atoms with van der Waals surface area (Å²) >= 11 is 0. The summed E-state index contributed by atoms with van der Waals surface area (Å²) in [6, 6.07) is 9.94. The van der Waals surface area contributed by atoms with Gasteiger partial charge in [0.15, 0.2) is 5.82 Å². The third kappa shape index (κ3) is 4.49. The van der Waals surface area contributed by atoms with E-state index in [0.717, 1.165) is 31.5 Å². The summed E-state index contributed by atoms with van der Waals surface area (Å²) in [4.78, 5) is 19.1. The van der Waals surface area contributed by atoms with E-state index in [1.807, 2.05) is 30.3 Å². The molecule has 2 aromatic rings. The van der Waals surface area contributed by atoms with Gasteiger partial charge >= 0.3 is 0 Å². The molecule has 0 N–H and O–H groups in total. The van der Waals surface area contributed by atoms with Gasteiger partial charge in [-0.25, -0.2) is 0 Å². The lowest BCUT2D eigenvalue weighted by Crippen LogP contribution is -2.38. The number of likely N-dealkylation sites (tertiary alicyclic amines) is 1. The Morgan fingerprint density at radius 2 is 2.21 bits per heavy atom. The highest BCUT2D eigenvalue weighted by Gasteiger charge is 2.26. The number of methoxy groups -OCH3 is 1. The molecule has 6 heteroatoms. The number of rotatable bonds is 7. The number of aromatic nitrogens is 2. The molecule has 3 rings (SSSR count). The van der Waals surface area contributed by atoms with Crippen LogP contribution in [0.5, 0.6) is 0 Å². The van der Waals surface area contributed by atoms with E-state index in [1.165, 1.54) is 0 Å². The van der Waals surface area contributed by atoms with Crippen LogP contribution in [0.25, 0.3) is 0 Å². The minimum Gasteiger partial charge on any atom is -0.377 e. The maximum atomic E-state index is 12.6. The van der Waals surface area contributed by atoms with Crippen LogP contribution in [-0.4, -0.2) is 41.0 Å². The first-order valence-electron chi connectivity index (χ1n) is 8.34. The van der Waals surface area contributed by atoms with Gasteiger partial charge < -0.3 is 9.26 Å². The highest BCUT2D eigenvalue weighted by atomic mass is 16.5. The number of carbonyl (C=O) groups is 1. The maximum Gasteiger partial charge on any atom is 0.240 e. The average Bonchev–Trinajstić information content (AvgIpc) is 3.03. The summed E-state index contributed by atoms with van der Waals surface area (Å²) in [5, 5.41) is 3.88. The van der Waals surface area contributed by atoms with Crippen molar-refractivity contribution in [1.82, 2.24) is 15.0 Å². The van der Waals surface area contributed by atoms with Gasteiger partial charge in [0.05, 0.1) is 6.54 Å². The molecule has 1 aliphatic rings. The van der Waals surface area contributed by atoms with E-state index in [4.69, 9.17) is 9.26 Å². The summed E-state index contributed by atoms with van der Waals surface area (Å²) < 4.78 is 10.2. The molecule has 1 fully saturated rings. The van der Waals surface area contributed by atoms with Crippen molar-refractivity contribution < 1.29 is 14.1 Å². The fraction of sp³-hybridized carbons (Fsp3) is 0.500. The molecule has 0 amide bonds. The molecule has 128 valence electrons. The van der Waals surface area contributed by atoms with Crippen LogP contribution in [0.2, 0.25) is 0 Å². The Morgan fingerprint density at radius 3 is 3.00 bits per heavy atom. The lowest BCUT2D eigenvalue weighted by Gasteiger charge is -2.30. The number of ketones is 1. The van der Waals surface area contributed by atoms with Crippen LogP contribution in [0, 0.1) is 5.92 Å². The molecule has 1 aromatic heterocycles. The van der Waals surface area contributed by atoms with Crippen LogP contribution in [0.4, 0.5) is 0 Å². The lowest BCUT2D eigenvalue weighted by atomic mass is 9.90. The first kappa shape index (κ1) is 16.8. The highest BCUT2D eigenvalue weighted by Crippen LogP contribution is 2.20. The molecule has 0 saturated carbocycles. The monoisotopic (exact) mass is 329 g/mol. The lowest BCUT2D eigenvalue weighted by molar-refractivity contribution is -0.124. The van der Waals surface area contributed by atoms with Crippen LogP contribution in [0.1, 0.15) is 30.1 Å². The molecule has 0 aliphatic carbocycles. The molecule has 1 atom stereocenters. The number of benzene rings is 1. The van der Waals surface area contributed by atoms with E-state index < -0.39 is 0 Å². The van der Waals surface area contributed by atoms with Crippen molar-refractivity contribution in [3.05, 3.63) is 47.6 Å². The second kappa shape index (κ2) is 8.17. The zero-order valence-corrected chi connectivity index (χ0v) is 14.0. The third-order valence-corrected chi connectivity index (χ3v) is 4.32. The number of piperidine rings is 1.